The smallest absolute Gasteiger partial charge is 0.211 e. The molecule has 1 unspecified atom stereocenters. The van der Waals surface area contributed by atoms with Gasteiger partial charge in [0.05, 0.1) is 0 Å². The highest BCUT2D eigenvalue weighted by molar-refractivity contribution is 5.93. The summed E-state index contributed by atoms with van der Waals surface area (Å²) in [5.41, 5.74) is 13.8. The summed E-state index contributed by atoms with van der Waals surface area (Å²) in [5.74, 6) is -1.03. The average molecular weight is 276 g/mol. The predicted molar refractivity (Wildman–Crippen MR) is 79.2 cm³/mol. The summed E-state index contributed by atoms with van der Waals surface area (Å²) in [5, 5.41) is 3.20. The molecule has 1 aliphatic rings. The Morgan fingerprint density at radius 2 is 1.95 bits per heavy atom. The first-order chi connectivity index (χ1) is 9.53. The van der Waals surface area contributed by atoms with Crippen LogP contribution in [0.25, 0.3) is 0 Å². The Morgan fingerprint density at radius 3 is 2.60 bits per heavy atom. The molecular weight excluding hydrogens is 255 g/mol. The number of halogens is 1. The molecule has 0 aliphatic carbocycles. The van der Waals surface area contributed by atoms with Gasteiger partial charge < -0.3 is 11.1 Å². The number of allylic oxidation sites excluding steroid dienone is 1. The molecule has 0 fully saturated rings. The van der Waals surface area contributed by atoms with Gasteiger partial charge in [0.2, 0.25) is 5.79 Å². The van der Waals surface area contributed by atoms with Gasteiger partial charge >= 0.3 is 0 Å². The minimum atomic E-state index is -1.12. The molecule has 0 saturated heterocycles. The van der Waals surface area contributed by atoms with Crippen molar-refractivity contribution in [3.63, 3.8) is 0 Å². The fraction of sp³-hybridized carbons (Fsp3) is 0.400. The number of nitrogens with one attached hydrogen (secondary N) is 1. The number of nitrogens with zero attached hydrogens (tertiary/aromatic N) is 1. The van der Waals surface area contributed by atoms with Crippen LogP contribution in [0.4, 0.5) is 4.39 Å². The topological polar surface area (TPSA) is 76.4 Å². The zero-order valence-electron chi connectivity index (χ0n) is 11.7. The first-order valence-electron chi connectivity index (χ1n) is 6.92. The molecule has 1 aromatic rings. The molecule has 4 nitrogen and oxygen atoms in total. The fourth-order valence-corrected chi connectivity index (χ4v) is 2.26. The van der Waals surface area contributed by atoms with Crippen LogP contribution < -0.4 is 16.8 Å². The third-order valence-electron chi connectivity index (χ3n) is 3.31. The summed E-state index contributed by atoms with van der Waals surface area (Å²) in [6.45, 7) is 2.16. The van der Waals surface area contributed by atoms with Gasteiger partial charge in [0, 0.05) is 11.3 Å². The molecule has 1 atom stereocenters. The molecule has 5 N–H and O–H groups in total. The minimum Gasteiger partial charge on any atom is -0.384 e. The highest BCUT2D eigenvalue weighted by Gasteiger charge is 2.30. The van der Waals surface area contributed by atoms with Crippen LogP contribution in [0.3, 0.4) is 0 Å². The summed E-state index contributed by atoms with van der Waals surface area (Å²) < 4.78 is 13.0. The summed E-state index contributed by atoms with van der Waals surface area (Å²) in [4.78, 5) is 4.25. The van der Waals surface area contributed by atoms with Gasteiger partial charge in [0.15, 0.2) is 0 Å². The van der Waals surface area contributed by atoms with E-state index in [1.165, 1.54) is 12.1 Å². The standard InChI is InChI=1S/C15H21FN4/c1-2-3-4-5-13-10-14(17)20-15(18,19-13)11-6-8-12(16)9-7-11/h6-10,19H,2-5,18H2,1H3,(H2,17,20). The molecule has 0 amide bonds. The van der Waals surface area contributed by atoms with E-state index >= 15 is 0 Å². The second kappa shape index (κ2) is 6.05. The van der Waals surface area contributed by atoms with Crippen molar-refractivity contribution in [2.75, 3.05) is 0 Å². The highest BCUT2D eigenvalue weighted by atomic mass is 19.1. The van der Waals surface area contributed by atoms with Crippen LogP contribution in [-0.4, -0.2) is 5.84 Å². The van der Waals surface area contributed by atoms with Crippen molar-refractivity contribution in [2.24, 2.45) is 16.5 Å². The minimum absolute atomic E-state index is 0.302. The molecule has 5 heteroatoms. The quantitative estimate of drug-likeness (QED) is 0.722. The van der Waals surface area contributed by atoms with E-state index < -0.39 is 5.79 Å². The van der Waals surface area contributed by atoms with Crippen LogP contribution in [-0.2, 0) is 5.79 Å². The maximum atomic E-state index is 13.0. The Morgan fingerprint density at radius 1 is 1.25 bits per heavy atom. The van der Waals surface area contributed by atoms with E-state index in [1.54, 1.807) is 12.1 Å². The molecule has 20 heavy (non-hydrogen) atoms. The number of benzene rings is 1. The lowest BCUT2D eigenvalue weighted by molar-refractivity contribution is 0.384. The molecule has 1 aromatic carbocycles. The van der Waals surface area contributed by atoms with E-state index in [4.69, 9.17) is 11.5 Å². The Balaban J connectivity index is 2.17. The largest absolute Gasteiger partial charge is 0.384 e. The van der Waals surface area contributed by atoms with Gasteiger partial charge in [-0.05, 0) is 31.1 Å². The molecule has 108 valence electrons. The van der Waals surface area contributed by atoms with Gasteiger partial charge in [0.1, 0.15) is 11.7 Å². The number of nitrogens with two attached hydrogens (primary N) is 2. The summed E-state index contributed by atoms with van der Waals surface area (Å²) in [6.07, 6.45) is 6.07. The lowest BCUT2D eigenvalue weighted by Crippen LogP contribution is -2.51. The molecule has 0 spiro atoms. The van der Waals surface area contributed by atoms with Gasteiger partial charge in [-0.15, -0.1) is 0 Å². The first kappa shape index (κ1) is 14.5. The Hall–Kier alpha value is -1.88. The number of hydrogen-bond donors (Lipinski definition) is 3. The third kappa shape index (κ3) is 3.36. The van der Waals surface area contributed by atoms with Crippen molar-refractivity contribution in [2.45, 2.75) is 38.4 Å². The lowest BCUT2D eigenvalue weighted by atomic mass is 10.0. The Labute approximate surface area is 118 Å². The highest BCUT2D eigenvalue weighted by Crippen LogP contribution is 2.23. The van der Waals surface area contributed by atoms with Crippen LogP contribution in [0, 0.1) is 5.82 Å². The van der Waals surface area contributed by atoms with Crippen molar-refractivity contribution < 1.29 is 4.39 Å². The predicted octanol–water partition coefficient (Wildman–Crippen LogP) is 2.32. The maximum Gasteiger partial charge on any atom is 0.211 e. The second-order valence-corrected chi connectivity index (χ2v) is 5.06. The second-order valence-electron chi connectivity index (χ2n) is 5.06. The third-order valence-corrected chi connectivity index (χ3v) is 3.31. The van der Waals surface area contributed by atoms with Crippen molar-refractivity contribution in [3.8, 4) is 0 Å². The number of amidine groups is 1. The summed E-state index contributed by atoms with van der Waals surface area (Å²) >= 11 is 0. The Bertz CT molecular complexity index is 521. The van der Waals surface area contributed by atoms with Crippen molar-refractivity contribution in [1.29, 1.82) is 0 Å². The lowest BCUT2D eigenvalue weighted by Gasteiger charge is -2.32. The SMILES string of the molecule is CCCCCC1=CC(N)=NC(N)(c2ccc(F)cc2)N1. The average Bonchev–Trinajstić information content (AvgIpc) is 2.38. The number of rotatable bonds is 5. The van der Waals surface area contributed by atoms with E-state index in [0.717, 1.165) is 31.4 Å². The van der Waals surface area contributed by atoms with Gasteiger partial charge in [-0.25, -0.2) is 9.38 Å². The van der Waals surface area contributed by atoms with Crippen LogP contribution in [0.15, 0.2) is 41.0 Å². The molecule has 2 rings (SSSR count). The molecular formula is C15H21FN4. The van der Waals surface area contributed by atoms with Gasteiger partial charge in [-0.1, -0.05) is 31.9 Å². The normalized spacial score (nSPS) is 21.9. The van der Waals surface area contributed by atoms with E-state index in [9.17, 15) is 4.39 Å². The van der Waals surface area contributed by atoms with Gasteiger partial charge in [-0.2, -0.15) is 0 Å². The zero-order chi connectivity index (χ0) is 14.6. The van der Waals surface area contributed by atoms with Crippen LogP contribution in [0.5, 0.6) is 0 Å². The maximum absolute atomic E-state index is 13.0. The molecule has 0 bridgehead atoms. The van der Waals surface area contributed by atoms with E-state index in [2.05, 4.69) is 17.2 Å². The summed E-state index contributed by atoms with van der Waals surface area (Å²) in [6, 6.07) is 5.97. The van der Waals surface area contributed by atoms with E-state index in [1.807, 2.05) is 6.08 Å². The molecule has 0 saturated carbocycles. The van der Waals surface area contributed by atoms with Crippen molar-refractivity contribution in [3.05, 3.63) is 47.4 Å². The zero-order valence-corrected chi connectivity index (χ0v) is 11.7. The molecule has 1 heterocycles. The van der Waals surface area contributed by atoms with Crippen molar-refractivity contribution in [1.82, 2.24) is 5.32 Å². The Kier molecular flexibility index (Phi) is 4.39. The number of hydrogen-bond acceptors (Lipinski definition) is 4. The number of unbranched alkanes of at least 4 members (excludes halogenated alkanes) is 2. The van der Waals surface area contributed by atoms with Crippen LogP contribution >= 0.6 is 0 Å². The first-order valence-corrected chi connectivity index (χ1v) is 6.92. The monoisotopic (exact) mass is 276 g/mol. The molecule has 1 aliphatic heterocycles. The van der Waals surface area contributed by atoms with Gasteiger partial charge in [-0.3, -0.25) is 5.73 Å². The van der Waals surface area contributed by atoms with Crippen LogP contribution in [0.2, 0.25) is 0 Å². The van der Waals surface area contributed by atoms with Gasteiger partial charge in [0.25, 0.3) is 0 Å². The number of aliphatic imine (C=N–C) groups is 1. The van der Waals surface area contributed by atoms with E-state index in [-0.39, 0.29) is 5.82 Å². The van der Waals surface area contributed by atoms with Crippen molar-refractivity contribution >= 4 is 5.84 Å². The molecule has 0 aromatic heterocycles. The molecule has 0 radical (unpaired) electrons. The van der Waals surface area contributed by atoms with E-state index in [0.29, 0.717) is 11.4 Å². The fourth-order valence-electron chi connectivity index (χ4n) is 2.26. The van der Waals surface area contributed by atoms with Crippen LogP contribution in [0.1, 0.15) is 38.2 Å². The summed E-state index contributed by atoms with van der Waals surface area (Å²) in [7, 11) is 0.